The smallest absolute Gasteiger partial charge is 0.188 e. The second kappa shape index (κ2) is 11.8. The number of hydrogen-bond donors (Lipinski definition) is 0. The minimum Gasteiger partial charge on any atom is -0.467 e. The van der Waals surface area contributed by atoms with Gasteiger partial charge in [-0.05, 0) is 28.1 Å². The minimum atomic E-state index is -0.168. The van der Waals surface area contributed by atoms with Crippen molar-refractivity contribution in [3.63, 3.8) is 0 Å². The molecule has 2 aromatic rings. The highest BCUT2D eigenvalue weighted by Gasteiger charge is 2.35. The van der Waals surface area contributed by atoms with Crippen LogP contribution in [0, 0.1) is 0 Å². The van der Waals surface area contributed by atoms with E-state index in [9.17, 15) is 4.79 Å². The Morgan fingerprint density at radius 3 is 2.12 bits per heavy atom. The maximum atomic E-state index is 11.9. The van der Waals surface area contributed by atoms with Gasteiger partial charge in [0.25, 0.3) is 0 Å². The van der Waals surface area contributed by atoms with Crippen LogP contribution in [0.3, 0.4) is 0 Å². The van der Waals surface area contributed by atoms with E-state index < -0.39 is 0 Å². The molecule has 2 aromatic carbocycles. The summed E-state index contributed by atoms with van der Waals surface area (Å²) in [6.07, 6.45) is 5.52. The molecule has 0 saturated heterocycles. The number of unbranched alkanes of at least 4 members (excludes halogenated alkanes) is 2. The molecule has 0 saturated carbocycles. The molecule has 188 valence electrons. The van der Waals surface area contributed by atoms with Gasteiger partial charge in [-0.15, -0.1) is 0 Å². The number of carbonyl (C=O) groups is 1. The Kier molecular flexibility index (Phi) is 9.92. The van der Waals surface area contributed by atoms with Crippen LogP contribution < -0.4 is 10.0 Å². The molecular formula is C30H45O3P. The fourth-order valence-electron chi connectivity index (χ4n) is 4.31. The van der Waals surface area contributed by atoms with Gasteiger partial charge < -0.3 is 9.47 Å². The van der Waals surface area contributed by atoms with Crippen molar-refractivity contribution in [1.29, 1.82) is 0 Å². The van der Waals surface area contributed by atoms with Crippen LogP contribution in [0.15, 0.2) is 36.4 Å². The van der Waals surface area contributed by atoms with Crippen molar-refractivity contribution >= 4 is 20.2 Å². The lowest BCUT2D eigenvalue weighted by molar-refractivity contribution is 0.0486. The van der Waals surface area contributed by atoms with Crippen LogP contribution >= 0.6 is 8.58 Å². The predicted molar refractivity (Wildman–Crippen MR) is 148 cm³/mol. The number of hydrogen-bond acceptors (Lipinski definition) is 3. The van der Waals surface area contributed by atoms with Crippen molar-refractivity contribution in [1.82, 2.24) is 0 Å². The SMILES string of the molecule is CCCCCC(C)(Pc1ccccc1C=O)c1cc(C(C)(C)C)cc(C(C)(C)C)c1OCOC. The van der Waals surface area contributed by atoms with E-state index in [1.54, 1.807) is 7.11 Å². The lowest BCUT2D eigenvalue weighted by Gasteiger charge is -2.37. The Labute approximate surface area is 209 Å². The molecule has 0 spiro atoms. The van der Waals surface area contributed by atoms with E-state index in [0.717, 1.165) is 35.7 Å². The number of aldehydes is 1. The van der Waals surface area contributed by atoms with Crippen molar-refractivity contribution in [2.75, 3.05) is 13.9 Å². The van der Waals surface area contributed by atoms with Crippen LogP contribution in [0.1, 0.15) is 108 Å². The number of rotatable bonds is 11. The summed E-state index contributed by atoms with van der Waals surface area (Å²) in [6.45, 7) is 18.4. The van der Waals surface area contributed by atoms with E-state index in [0.29, 0.717) is 8.58 Å². The van der Waals surface area contributed by atoms with Gasteiger partial charge >= 0.3 is 0 Å². The molecule has 2 atom stereocenters. The van der Waals surface area contributed by atoms with Crippen LogP contribution in [-0.2, 0) is 20.7 Å². The molecule has 0 aliphatic heterocycles. The molecule has 2 rings (SSSR count). The van der Waals surface area contributed by atoms with E-state index in [4.69, 9.17) is 9.47 Å². The van der Waals surface area contributed by atoms with Crippen LogP contribution in [0.5, 0.6) is 5.75 Å². The lowest BCUT2D eigenvalue weighted by Crippen LogP contribution is -2.26. The minimum absolute atomic E-state index is 0.00266. The molecule has 0 radical (unpaired) electrons. The second-order valence-electron chi connectivity index (χ2n) is 11.6. The Morgan fingerprint density at radius 1 is 0.912 bits per heavy atom. The summed E-state index contributed by atoms with van der Waals surface area (Å²) in [5.74, 6) is 0.942. The van der Waals surface area contributed by atoms with Crippen LogP contribution in [-0.4, -0.2) is 20.2 Å². The Hall–Kier alpha value is -1.70. The second-order valence-corrected chi connectivity index (χ2v) is 13.5. The molecule has 34 heavy (non-hydrogen) atoms. The van der Waals surface area contributed by atoms with Gasteiger partial charge in [-0.3, -0.25) is 4.79 Å². The zero-order chi connectivity index (χ0) is 25.6. The van der Waals surface area contributed by atoms with Gasteiger partial charge in [0.1, 0.15) is 5.75 Å². The monoisotopic (exact) mass is 484 g/mol. The fraction of sp³-hybridized carbons (Fsp3) is 0.567. The van der Waals surface area contributed by atoms with Crippen molar-refractivity contribution in [3.05, 3.63) is 58.7 Å². The zero-order valence-corrected chi connectivity index (χ0v) is 23.8. The summed E-state index contributed by atoms with van der Waals surface area (Å²) in [5.41, 5.74) is 4.45. The third-order valence-corrected chi connectivity index (χ3v) is 8.25. The molecule has 4 heteroatoms. The number of carbonyl (C=O) groups excluding carboxylic acids is 1. The van der Waals surface area contributed by atoms with Gasteiger partial charge in [-0.1, -0.05) is 120 Å². The largest absolute Gasteiger partial charge is 0.467 e. The molecule has 0 amide bonds. The highest BCUT2D eigenvalue weighted by atomic mass is 31.1. The average molecular weight is 485 g/mol. The molecule has 0 N–H and O–H groups in total. The van der Waals surface area contributed by atoms with Crippen LogP contribution in [0.4, 0.5) is 0 Å². The number of methoxy groups -OCH3 is 1. The Bertz CT molecular complexity index is 952. The summed E-state index contributed by atoms with van der Waals surface area (Å²) in [6, 6.07) is 12.7. The van der Waals surface area contributed by atoms with Gasteiger partial charge in [0.15, 0.2) is 13.1 Å². The maximum absolute atomic E-state index is 11.9. The van der Waals surface area contributed by atoms with Crippen molar-refractivity contribution < 1.29 is 14.3 Å². The van der Waals surface area contributed by atoms with Gasteiger partial charge in [0.2, 0.25) is 0 Å². The third kappa shape index (κ3) is 7.15. The van der Waals surface area contributed by atoms with Gasteiger partial charge in [0.05, 0.1) is 0 Å². The first kappa shape index (κ1) is 28.5. The van der Waals surface area contributed by atoms with Crippen LogP contribution in [0.25, 0.3) is 0 Å². The molecular weight excluding hydrogens is 439 g/mol. The first-order chi connectivity index (χ1) is 15.9. The molecule has 0 fully saturated rings. The fourth-order valence-corrected chi connectivity index (χ4v) is 5.99. The summed E-state index contributed by atoms with van der Waals surface area (Å²) < 4.78 is 11.7. The van der Waals surface area contributed by atoms with Crippen molar-refractivity contribution in [2.45, 2.75) is 97.1 Å². The van der Waals surface area contributed by atoms with Crippen molar-refractivity contribution in [3.8, 4) is 5.75 Å². The number of benzene rings is 2. The normalized spacial score (nSPS) is 14.4. The summed E-state index contributed by atoms with van der Waals surface area (Å²) in [7, 11) is 2.12. The summed E-state index contributed by atoms with van der Waals surface area (Å²) >= 11 is 0. The lowest BCUT2D eigenvalue weighted by atomic mass is 9.76. The summed E-state index contributed by atoms with van der Waals surface area (Å²) in [4.78, 5) is 11.9. The predicted octanol–water partition coefficient (Wildman–Crippen LogP) is 7.88. The molecule has 0 aliphatic rings. The highest BCUT2D eigenvalue weighted by Crippen LogP contribution is 2.52. The highest BCUT2D eigenvalue weighted by molar-refractivity contribution is 7.48. The number of ether oxygens (including phenoxy) is 2. The van der Waals surface area contributed by atoms with E-state index in [-0.39, 0.29) is 22.8 Å². The van der Waals surface area contributed by atoms with Gasteiger partial charge in [-0.25, -0.2) is 0 Å². The van der Waals surface area contributed by atoms with Crippen LogP contribution in [0.2, 0.25) is 0 Å². The average Bonchev–Trinajstić information content (AvgIpc) is 2.76. The standard InChI is InChI=1S/C30H45O3P/c1-10-11-14-17-30(8,34-26-16-13-12-15-22(26)20-31)25-19-23(28(2,3)4)18-24(29(5,6)7)27(25)33-21-32-9/h12-13,15-16,18-20,34H,10-11,14,17,21H2,1-9H3. The first-order valence-electron chi connectivity index (χ1n) is 12.5. The van der Waals surface area contributed by atoms with E-state index in [2.05, 4.69) is 73.6 Å². The molecule has 0 heterocycles. The molecule has 0 bridgehead atoms. The van der Waals surface area contributed by atoms with E-state index in [1.807, 2.05) is 18.2 Å². The molecule has 0 aliphatic carbocycles. The summed E-state index contributed by atoms with van der Waals surface area (Å²) in [5, 5.41) is 0.950. The van der Waals surface area contributed by atoms with E-state index in [1.165, 1.54) is 29.5 Å². The first-order valence-corrected chi connectivity index (χ1v) is 13.5. The topological polar surface area (TPSA) is 35.5 Å². The van der Waals surface area contributed by atoms with Gasteiger partial charge in [0, 0.05) is 29.0 Å². The molecule has 3 nitrogen and oxygen atoms in total. The zero-order valence-electron chi connectivity index (χ0n) is 22.8. The van der Waals surface area contributed by atoms with E-state index >= 15 is 0 Å². The molecule has 2 unspecified atom stereocenters. The quantitative estimate of drug-likeness (QED) is 0.141. The third-order valence-electron chi connectivity index (χ3n) is 6.46. The molecule has 0 aromatic heterocycles. The van der Waals surface area contributed by atoms with Gasteiger partial charge in [-0.2, -0.15) is 0 Å². The van der Waals surface area contributed by atoms with Crippen molar-refractivity contribution in [2.24, 2.45) is 0 Å². The Balaban J connectivity index is 2.83. The maximum Gasteiger partial charge on any atom is 0.188 e. The Morgan fingerprint density at radius 2 is 1.56 bits per heavy atom.